The molecular formula is C39H38N4O6. The number of carboxylic acid groups (broad SMARTS) is 1. The molecule has 10 nitrogen and oxygen atoms in total. The minimum atomic E-state index is -0.927. The Morgan fingerprint density at radius 3 is 2.57 bits per heavy atom. The number of carboxylic acids is 1. The molecule has 2 amide bonds. The number of amides is 2. The zero-order valence-corrected chi connectivity index (χ0v) is 27.7. The maximum absolute atomic E-state index is 13.4. The Bertz CT molecular complexity index is 1990. The second-order valence-electron chi connectivity index (χ2n) is 12.6. The Labute approximate surface area is 284 Å². The van der Waals surface area contributed by atoms with Crippen LogP contribution in [0, 0.1) is 0 Å². The third-order valence-corrected chi connectivity index (χ3v) is 9.14. The standard InChI is InChI=1S/C39H38N4O6/c1-24(44)42-32(14-15-37(46)47)26-9-11-30(12-10-26)39(2)21-29(23-41-39)35(45)18-25-8-13-31(36(19-25)49-3)33-20-28(22-40-33)38(48)43-17-16-27-6-4-5-7-34(27)43/h4-13,19-23,32,40H,14-18H2,1-3H3,(H,42,44)(H,46,47). The highest BCUT2D eigenvalue weighted by atomic mass is 16.5. The molecule has 250 valence electrons. The molecule has 0 aliphatic carbocycles. The van der Waals surface area contributed by atoms with E-state index >= 15 is 0 Å². The Hall–Kier alpha value is -5.77. The zero-order valence-electron chi connectivity index (χ0n) is 27.7. The van der Waals surface area contributed by atoms with Gasteiger partial charge in [0.2, 0.25) is 5.91 Å². The topological polar surface area (TPSA) is 141 Å². The summed E-state index contributed by atoms with van der Waals surface area (Å²) in [6.07, 6.45) is 6.35. The highest BCUT2D eigenvalue weighted by Crippen LogP contribution is 2.35. The van der Waals surface area contributed by atoms with E-state index in [2.05, 4.69) is 21.4 Å². The van der Waals surface area contributed by atoms with E-state index in [0.717, 1.165) is 40.1 Å². The van der Waals surface area contributed by atoms with Crippen LogP contribution in [-0.2, 0) is 32.8 Å². The lowest BCUT2D eigenvalue weighted by Crippen LogP contribution is -2.28. The molecule has 1 aromatic heterocycles. The molecular weight excluding hydrogens is 620 g/mol. The van der Waals surface area contributed by atoms with E-state index < -0.39 is 17.6 Å². The molecule has 3 aromatic carbocycles. The van der Waals surface area contributed by atoms with Crippen LogP contribution in [0.3, 0.4) is 0 Å². The number of hydrogen-bond donors (Lipinski definition) is 3. The van der Waals surface area contributed by atoms with Crippen molar-refractivity contribution in [2.24, 2.45) is 4.99 Å². The summed E-state index contributed by atoms with van der Waals surface area (Å²) in [5, 5.41) is 11.9. The van der Waals surface area contributed by atoms with E-state index in [0.29, 0.717) is 23.4 Å². The maximum Gasteiger partial charge on any atom is 0.303 e. The van der Waals surface area contributed by atoms with E-state index in [1.165, 1.54) is 12.5 Å². The molecule has 2 aliphatic heterocycles. The molecule has 0 radical (unpaired) electrons. The number of nitrogens with zero attached hydrogens (tertiary/aromatic N) is 2. The third kappa shape index (κ3) is 7.08. The number of aliphatic imine (C=N–C) groups is 1. The quantitative estimate of drug-likeness (QED) is 0.171. The van der Waals surface area contributed by atoms with Gasteiger partial charge >= 0.3 is 5.97 Å². The van der Waals surface area contributed by atoms with Crippen LogP contribution < -0.4 is 15.0 Å². The lowest BCUT2D eigenvalue weighted by molar-refractivity contribution is -0.137. The first-order valence-corrected chi connectivity index (χ1v) is 16.2. The van der Waals surface area contributed by atoms with Gasteiger partial charge in [-0.05, 0) is 72.4 Å². The number of benzene rings is 3. The number of carbonyl (C=O) groups excluding carboxylic acids is 3. The summed E-state index contributed by atoms with van der Waals surface area (Å²) in [5.74, 6) is -0.731. The number of fused-ring (bicyclic) bond motifs is 1. The van der Waals surface area contributed by atoms with Gasteiger partial charge < -0.3 is 25.0 Å². The smallest absolute Gasteiger partial charge is 0.303 e. The van der Waals surface area contributed by atoms with Gasteiger partial charge in [-0.2, -0.15) is 0 Å². The molecule has 2 atom stereocenters. The Morgan fingerprint density at radius 1 is 1.06 bits per heavy atom. The first-order valence-electron chi connectivity index (χ1n) is 16.2. The number of aromatic amines is 1. The van der Waals surface area contributed by atoms with Crippen molar-refractivity contribution < 1.29 is 29.0 Å². The van der Waals surface area contributed by atoms with E-state index in [-0.39, 0.29) is 36.9 Å². The molecule has 0 saturated heterocycles. The average molecular weight is 659 g/mol. The SMILES string of the molecule is COc1cc(CC(=O)C2=CC(C)(c3ccc(C(CCC(=O)O)NC(C)=O)cc3)N=C2)ccc1-c1cc(C(=O)N2CCc3ccccc32)c[nH]1. The summed E-state index contributed by atoms with van der Waals surface area (Å²) >= 11 is 0. The van der Waals surface area contributed by atoms with Gasteiger partial charge in [-0.1, -0.05) is 48.5 Å². The van der Waals surface area contributed by atoms with Gasteiger partial charge in [0.1, 0.15) is 11.3 Å². The van der Waals surface area contributed by atoms with Gasteiger partial charge in [-0.15, -0.1) is 0 Å². The Kier molecular flexibility index (Phi) is 9.31. The van der Waals surface area contributed by atoms with Gasteiger partial charge in [0, 0.05) is 61.2 Å². The highest BCUT2D eigenvalue weighted by Gasteiger charge is 2.30. The van der Waals surface area contributed by atoms with Crippen molar-refractivity contribution in [3.8, 4) is 17.0 Å². The number of anilines is 1. The van der Waals surface area contributed by atoms with Gasteiger partial charge in [0.05, 0.1) is 18.7 Å². The molecule has 0 spiro atoms. The van der Waals surface area contributed by atoms with Crippen LogP contribution in [0.15, 0.2) is 95.6 Å². The molecule has 3 heterocycles. The highest BCUT2D eigenvalue weighted by molar-refractivity contribution is 6.15. The molecule has 0 saturated carbocycles. The van der Waals surface area contributed by atoms with Crippen molar-refractivity contribution in [1.29, 1.82) is 0 Å². The summed E-state index contributed by atoms with van der Waals surface area (Å²) in [7, 11) is 1.58. The predicted molar refractivity (Wildman–Crippen MR) is 187 cm³/mol. The number of H-pyrrole nitrogens is 1. The number of ketones is 1. The van der Waals surface area contributed by atoms with E-state index in [1.807, 2.05) is 84.6 Å². The molecule has 49 heavy (non-hydrogen) atoms. The summed E-state index contributed by atoms with van der Waals surface area (Å²) in [5.41, 5.74) is 6.37. The van der Waals surface area contributed by atoms with Crippen LogP contribution in [0.5, 0.6) is 5.75 Å². The zero-order chi connectivity index (χ0) is 34.7. The monoisotopic (exact) mass is 658 g/mol. The molecule has 0 fully saturated rings. The summed E-state index contributed by atoms with van der Waals surface area (Å²) < 4.78 is 5.71. The maximum atomic E-state index is 13.4. The number of rotatable bonds is 12. The average Bonchev–Trinajstić information content (AvgIpc) is 3.85. The van der Waals surface area contributed by atoms with Gasteiger partial charge in [0.15, 0.2) is 5.78 Å². The fourth-order valence-corrected chi connectivity index (χ4v) is 6.51. The lowest BCUT2D eigenvalue weighted by atomic mass is 9.89. The molecule has 2 aliphatic rings. The molecule has 2 unspecified atom stereocenters. The normalized spacial score (nSPS) is 17.0. The Balaban J connectivity index is 1.13. The van der Waals surface area contributed by atoms with Crippen molar-refractivity contribution in [3.05, 3.63) is 118 Å². The minimum absolute atomic E-state index is 0.0620. The van der Waals surface area contributed by atoms with Crippen LogP contribution >= 0.6 is 0 Å². The van der Waals surface area contributed by atoms with Crippen LogP contribution in [0.2, 0.25) is 0 Å². The minimum Gasteiger partial charge on any atom is -0.496 e. The van der Waals surface area contributed by atoms with Gasteiger partial charge in [0.25, 0.3) is 5.91 Å². The largest absolute Gasteiger partial charge is 0.496 e. The second kappa shape index (κ2) is 13.8. The van der Waals surface area contributed by atoms with Gasteiger partial charge in [-0.3, -0.25) is 24.2 Å². The summed E-state index contributed by atoms with van der Waals surface area (Å²) in [6.45, 7) is 3.97. The van der Waals surface area contributed by atoms with Crippen LogP contribution in [0.25, 0.3) is 11.3 Å². The van der Waals surface area contributed by atoms with E-state index in [4.69, 9.17) is 9.84 Å². The fraction of sp³-hybridized carbons (Fsp3) is 0.256. The Morgan fingerprint density at radius 2 is 1.84 bits per heavy atom. The molecule has 3 N–H and O–H groups in total. The third-order valence-electron chi connectivity index (χ3n) is 9.14. The molecule has 6 rings (SSSR count). The second-order valence-corrected chi connectivity index (χ2v) is 12.6. The van der Waals surface area contributed by atoms with Crippen molar-refractivity contribution in [3.63, 3.8) is 0 Å². The number of para-hydroxylation sites is 1. The summed E-state index contributed by atoms with van der Waals surface area (Å²) in [6, 6.07) is 22.5. The molecule has 10 heteroatoms. The number of nitrogens with one attached hydrogen (secondary N) is 2. The van der Waals surface area contributed by atoms with Crippen LogP contribution in [0.1, 0.15) is 65.3 Å². The molecule has 0 bridgehead atoms. The number of ether oxygens (including phenoxy) is 1. The van der Waals surface area contributed by atoms with Crippen LogP contribution in [0.4, 0.5) is 5.69 Å². The number of aromatic nitrogens is 1. The van der Waals surface area contributed by atoms with Crippen molar-refractivity contribution in [2.75, 3.05) is 18.6 Å². The first kappa shape index (κ1) is 33.1. The predicted octanol–water partition coefficient (Wildman–Crippen LogP) is 5.97. The number of hydrogen-bond acceptors (Lipinski definition) is 6. The first-order chi connectivity index (χ1) is 23.5. The van der Waals surface area contributed by atoms with E-state index in [9.17, 15) is 19.2 Å². The van der Waals surface area contributed by atoms with Crippen molar-refractivity contribution in [1.82, 2.24) is 10.3 Å². The lowest BCUT2D eigenvalue weighted by Gasteiger charge is -2.22. The number of Topliss-reactive ketones (excluding diaryl/α,β-unsaturated/α-hetero) is 1. The number of methoxy groups -OCH3 is 1. The number of carbonyl (C=O) groups is 4. The van der Waals surface area contributed by atoms with E-state index in [1.54, 1.807) is 19.5 Å². The van der Waals surface area contributed by atoms with Crippen LogP contribution in [-0.4, -0.2) is 53.5 Å². The van der Waals surface area contributed by atoms with Crippen molar-refractivity contribution in [2.45, 2.75) is 51.1 Å². The molecule has 4 aromatic rings. The van der Waals surface area contributed by atoms with Crippen molar-refractivity contribution >= 4 is 35.5 Å². The number of allylic oxidation sites excluding steroid dienone is 1. The fourth-order valence-electron chi connectivity index (χ4n) is 6.51. The van der Waals surface area contributed by atoms with Gasteiger partial charge in [-0.25, -0.2) is 0 Å². The number of aliphatic carboxylic acids is 1. The summed E-state index contributed by atoms with van der Waals surface area (Å²) in [4.78, 5) is 59.3.